The van der Waals surface area contributed by atoms with Gasteiger partial charge in [0.25, 0.3) is 0 Å². The van der Waals surface area contributed by atoms with E-state index in [2.05, 4.69) is 33.1 Å². The molecule has 1 N–H and O–H groups in total. The van der Waals surface area contributed by atoms with Gasteiger partial charge in [-0.2, -0.15) is 0 Å². The number of halogens is 1. The van der Waals surface area contributed by atoms with Gasteiger partial charge in [-0.3, -0.25) is 4.98 Å². The summed E-state index contributed by atoms with van der Waals surface area (Å²) in [7, 11) is 1.77. The van der Waals surface area contributed by atoms with Gasteiger partial charge < -0.3 is 15.0 Å². The van der Waals surface area contributed by atoms with Crippen LogP contribution in [0.3, 0.4) is 0 Å². The van der Waals surface area contributed by atoms with Crippen molar-refractivity contribution >= 4 is 34.5 Å². The molecule has 0 aromatic carbocycles. The van der Waals surface area contributed by atoms with Crippen molar-refractivity contribution in [3.05, 3.63) is 23.6 Å². The Morgan fingerprint density at radius 1 is 1.18 bits per heavy atom. The number of hydrogen-bond acceptors (Lipinski definition) is 6. The zero-order valence-corrected chi connectivity index (χ0v) is 17.7. The van der Waals surface area contributed by atoms with Gasteiger partial charge >= 0.3 is 6.09 Å². The normalized spacial score (nSPS) is 13.5. The number of pyridine rings is 1. The Labute approximate surface area is 171 Å². The quantitative estimate of drug-likeness (QED) is 0.560. The number of amides is 1. The number of anilines is 1. The number of likely N-dealkylation sites (tertiary alicyclic amines) is 1. The van der Waals surface area contributed by atoms with Crippen LogP contribution in [0.15, 0.2) is 18.5 Å². The second-order valence-electron chi connectivity index (χ2n) is 7.00. The van der Waals surface area contributed by atoms with Crippen molar-refractivity contribution in [1.82, 2.24) is 19.9 Å². The number of carbonyl (C=O) groups is 1. The molecule has 8 heteroatoms. The summed E-state index contributed by atoms with van der Waals surface area (Å²) in [5, 5.41) is 3.33. The van der Waals surface area contributed by atoms with Gasteiger partial charge in [0.15, 0.2) is 5.82 Å². The summed E-state index contributed by atoms with van der Waals surface area (Å²) in [6, 6.07) is 1.69. The lowest BCUT2D eigenvalue weighted by Gasteiger charge is -2.29. The zero-order chi connectivity index (χ0) is 21.2. The molecule has 0 aliphatic carbocycles. The maximum absolute atomic E-state index is 11.5. The number of terminal acetylenes is 1. The molecule has 1 fully saturated rings. The maximum atomic E-state index is 11.5. The third-order valence-corrected chi connectivity index (χ3v) is 3.86. The molecular formula is C20H28ClN5O2. The van der Waals surface area contributed by atoms with Gasteiger partial charge in [0.1, 0.15) is 16.3 Å². The third kappa shape index (κ3) is 7.57. The van der Waals surface area contributed by atoms with Gasteiger partial charge in [0.05, 0.1) is 5.52 Å². The molecule has 3 heterocycles. The fourth-order valence-electron chi connectivity index (χ4n) is 2.52. The molecule has 7 nitrogen and oxygen atoms in total. The van der Waals surface area contributed by atoms with Gasteiger partial charge in [0, 0.05) is 38.6 Å². The summed E-state index contributed by atoms with van der Waals surface area (Å²) in [6.45, 7) is 7.41. The van der Waals surface area contributed by atoms with Crippen LogP contribution in [-0.4, -0.2) is 51.7 Å². The van der Waals surface area contributed by atoms with Crippen molar-refractivity contribution in [2.24, 2.45) is 0 Å². The van der Waals surface area contributed by atoms with Crippen molar-refractivity contribution in [3.63, 3.8) is 0 Å². The van der Waals surface area contributed by atoms with E-state index in [1.807, 2.05) is 20.8 Å². The highest BCUT2D eigenvalue weighted by molar-refractivity contribution is 6.30. The largest absolute Gasteiger partial charge is 0.444 e. The molecular weight excluding hydrogens is 378 g/mol. The van der Waals surface area contributed by atoms with E-state index in [1.165, 1.54) is 6.42 Å². The molecule has 0 atom stereocenters. The number of ether oxygens (including phenoxy) is 1. The van der Waals surface area contributed by atoms with Crippen LogP contribution < -0.4 is 5.32 Å². The summed E-state index contributed by atoms with van der Waals surface area (Å²) < 4.78 is 5.26. The second kappa shape index (κ2) is 11.3. The molecule has 2 aromatic heterocycles. The smallest absolute Gasteiger partial charge is 0.410 e. The highest BCUT2D eigenvalue weighted by atomic mass is 35.5. The number of piperidine rings is 1. The number of nitrogens with one attached hydrogen (secondary N) is 1. The summed E-state index contributed by atoms with van der Waals surface area (Å²) in [5.74, 6) is 0.649. The van der Waals surface area contributed by atoms with E-state index in [4.69, 9.17) is 16.3 Å². The molecule has 0 unspecified atom stereocenters. The first-order valence-electron chi connectivity index (χ1n) is 9.06. The molecule has 2 aromatic rings. The molecule has 0 saturated carbocycles. The Balaban J connectivity index is 0.000000257. The fraction of sp³-hybridized carbons (Fsp3) is 0.500. The van der Waals surface area contributed by atoms with Crippen LogP contribution in [0, 0.1) is 12.8 Å². The molecule has 28 heavy (non-hydrogen) atoms. The molecule has 0 spiro atoms. The molecule has 152 valence electrons. The first-order valence-corrected chi connectivity index (χ1v) is 9.44. The van der Waals surface area contributed by atoms with Crippen LogP contribution in [-0.2, 0) is 4.74 Å². The topological polar surface area (TPSA) is 80.2 Å². The number of fused-ring (bicyclic) bond motifs is 1. The Morgan fingerprint density at radius 3 is 2.36 bits per heavy atom. The molecule has 1 amide bonds. The minimum Gasteiger partial charge on any atom is -0.444 e. The molecule has 1 saturated heterocycles. The van der Waals surface area contributed by atoms with Crippen LogP contribution in [0.2, 0.25) is 5.15 Å². The van der Waals surface area contributed by atoms with E-state index in [1.54, 1.807) is 30.4 Å². The SMILES string of the molecule is C#C.CC(C)(C)OC(=O)N1CCCCC1.CNc1nc(Cl)cc2nccnc12. The molecule has 1 aliphatic heterocycles. The highest BCUT2D eigenvalue weighted by Gasteiger charge is 2.22. The van der Waals surface area contributed by atoms with Crippen molar-refractivity contribution in [3.8, 4) is 12.8 Å². The first kappa shape index (κ1) is 23.4. The van der Waals surface area contributed by atoms with E-state index in [-0.39, 0.29) is 11.7 Å². The lowest BCUT2D eigenvalue weighted by Crippen LogP contribution is -2.39. The Hall–Kier alpha value is -2.59. The van der Waals surface area contributed by atoms with E-state index in [0.29, 0.717) is 11.0 Å². The summed E-state index contributed by atoms with van der Waals surface area (Å²) in [4.78, 5) is 25.7. The van der Waals surface area contributed by atoms with Gasteiger partial charge in [-0.1, -0.05) is 11.6 Å². The second-order valence-corrected chi connectivity index (χ2v) is 7.38. The fourth-order valence-corrected chi connectivity index (χ4v) is 2.71. The summed E-state index contributed by atoms with van der Waals surface area (Å²) in [6.07, 6.45) is 14.5. The zero-order valence-electron chi connectivity index (χ0n) is 16.9. The molecule has 0 radical (unpaired) electrons. The predicted octanol–water partition coefficient (Wildman–Crippen LogP) is 4.38. The van der Waals surface area contributed by atoms with Crippen LogP contribution in [0.25, 0.3) is 11.0 Å². The lowest BCUT2D eigenvalue weighted by atomic mass is 10.1. The standard InChI is InChI=1S/C10H19NO2.C8H7ClN4.C2H2/c1-10(2,3)13-9(12)11-7-5-4-6-8-11;1-10-8-7-5(4-6(9)13-8)11-2-3-12-7;1-2/h4-8H2,1-3H3;2-4H,1H3,(H,10,13);1-2H. The van der Waals surface area contributed by atoms with E-state index >= 15 is 0 Å². The molecule has 3 rings (SSSR count). The monoisotopic (exact) mass is 405 g/mol. The number of nitrogens with zero attached hydrogens (tertiary/aromatic N) is 4. The predicted molar refractivity (Wildman–Crippen MR) is 113 cm³/mol. The van der Waals surface area contributed by atoms with Crippen LogP contribution in [0.4, 0.5) is 10.6 Å². The number of hydrogen-bond donors (Lipinski definition) is 1. The Bertz CT molecular complexity index is 783. The maximum Gasteiger partial charge on any atom is 0.410 e. The van der Waals surface area contributed by atoms with Gasteiger partial charge in [-0.05, 0) is 40.0 Å². The minimum atomic E-state index is -0.367. The van der Waals surface area contributed by atoms with Crippen LogP contribution in [0.5, 0.6) is 0 Å². The Morgan fingerprint density at radius 2 is 1.79 bits per heavy atom. The minimum absolute atomic E-state index is 0.160. The summed E-state index contributed by atoms with van der Waals surface area (Å²) >= 11 is 5.78. The van der Waals surface area contributed by atoms with E-state index in [0.717, 1.165) is 37.0 Å². The van der Waals surface area contributed by atoms with Crippen molar-refractivity contribution in [1.29, 1.82) is 0 Å². The first-order chi connectivity index (χ1) is 13.3. The molecule has 1 aliphatic rings. The Kier molecular flexibility index (Phi) is 9.46. The van der Waals surface area contributed by atoms with E-state index in [9.17, 15) is 4.79 Å². The van der Waals surface area contributed by atoms with Gasteiger partial charge in [-0.15, -0.1) is 12.8 Å². The van der Waals surface area contributed by atoms with Crippen LogP contribution in [0.1, 0.15) is 40.0 Å². The van der Waals surface area contributed by atoms with Gasteiger partial charge in [0.2, 0.25) is 0 Å². The number of carbonyl (C=O) groups excluding carboxylic acids is 1. The number of aromatic nitrogens is 3. The van der Waals surface area contributed by atoms with Gasteiger partial charge in [-0.25, -0.2) is 14.8 Å². The van der Waals surface area contributed by atoms with Crippen LogP contribution >= 0.6 is 11.6 Å². The van der Waals surface area contributed by atoms with Crippen molar-refractivity contribution < 1.29 is 9.53 Å². The van der Waals surface area contributed by atoms with Crippen molar-refractivity contribution in [2.45, 2.75) is 45.6 Å². The lowest BCUT2D eigenvalue weighted by molar-refractivity contribution is 0.0216. The summed E-state index contributed by atoms with van der Waals surface area (Å²) in [5.41, 5.74) is 1.11. The molecule has 0 bridgehead atoms. The number of rotatable bonds is 1. The highest BCUT2D eigenvalue weighted by Crippen LogP contribution is 2.20. The average Bonchev–Trinajstić information content (AvgIpc) is 2.68. The van der Waals surface area contributed by atoms with E-state index < -0.39 is 0 Å². The van der Waals surface area contributed by atoms with Crippen molar-refractivity contribution in [2.75, 3.05) is 25.5 Å². The average molecular weight is 406 g/mol. The third-order valence-electron chi connectivity index (χ3n) is 3.67.